The van der Waals surface area contributed by atoms with Crippen LogP contribution in [0, 0.1) is 0 Å². The van der Waals surface area contributed by atoms with Gasteiger partial charge >= 0.3 is 6.18 Å². The number of rotatable bonds is 9. The molecule has 0 atom stereocenters. The maximum absolute atomic E-state index is 12.5. The van der Waals surface area contributed by atoms with Gasteiger partial charge in [-0.3, -0.25) is 9.78 Å². The summed E-state index contributed by atoms with van der Waals surface area (Å²) in [5.74, 6) is -1.20. The van der Waals surface area contributed by atoms with Crippen LogP contribution in [0.1, 0.15) is 19.8 Å². The van der Waals surface area contributed by atoms with Crippen molar-refractivity contribution < 1.29 is 26.4 Å². The lowest BCUT2D eigenvalue weighted by Gasteiger charge is -2.19. The van der Waals surface area contributed by atoms with E-state index in [-0.39, 0.29) is 17.4 Å². The van der Waals surface area contributed by atoms with Gasteiger partial charge in [-0.05, 0) is 19.1 Å². The lowest BCUT2D eigenvalue weighted by Crippen LogP contribution is -2.35. The van der Waals surface area contributed by atoms with Crippen LogP contribution in [0.3, 0.4) is 0 Å². The van der Waals surface area contributed by atoms with E-state index in [1.165, 1.54) is 15.8 Å². The molecule has 0 bridgehead atoms. The van der Waals surface area contributed by atoms with Crippen molar-refractivity contribution in [3.05, 3.63) is 35.9 Å². The molecule has 0 saturated heterocycles. The molecule has 2 aromatic rings. The van der Waals surface area contributed by atoms with Gasteiger partial charge in [0.05, 0.1) is 30.3 Å². The van der Waals surface area contributed by atoms with Crippen LogP contribution in [0.25, 0.3) is 5.69 Å². The van der Waals surface area contributed by atoms with Crippen molar-refractivity contribution in [2.75, 3.05) is 23.7 Å². The van der Waals surface area contributed by atoms with Crippen molar-refractivity contribution in [3.8, 4) is 5.69 Å². The summed E-state index contributed by atoms with van der Waals surface area (Å²) in [6.45, 7) is 1.09. The summed E-state index contributed by atoms with van der Waals surface area (Å²) in [5.41, 5.74) is 0.894. The molecule has 0 aliphatic carbocycles. The molecule has 8 nitrogen and oxygen atoms in total. The standard InChI is InChI=1S/C16H19ClF3N5O3S/c1-2-24(13-11-25(23-15(13)17)12-4-3-7-21-10-12)14(26)5-9-29(27,28)22-8-6-16(18,19)20/h3-4,7,10-11,22H,2,5-6,8-9H2,1H3. The summed E-state index contributed by atoms with van der Waals surface area (Å²) in [5, 5.41) is 4.15. The molecule has 0 radical (unpaired) electrons. The van der Waals surface area contributed by atoms with Gasteiger partial charge in [-0.1, -0.05) is 11.6 Å². The largest absolute Gasteiger partial charge is 0.390 e. The number of alkyl halides is 3. The van der Waals surface area contributed by atoms with Crippen molar-refractivity contribution in [2.24, 2.45) is 0 Å². The van der Waals surface area contributed by atoms with Gasteiger partial charge in [0.25, 0.3) is 0 Å². The highest BCUT2D eigenvalue weighted by Gasteiger charge is 2.28. The Morgan fingerprint density at radius 3 is 2.69 bits per heavy atom. The van der Waals surface area contributed by atoms with Gasteiger partial charge in [0.2, 0.25) is 15.9 Å². The van der Waals surface area contributed by atoms with Gasteiger partial charge in [0, 0.05) is 25.7 Å². The minimum atomic E-state index is -4.47. The lowest BCUT2D eigenvalue weighted by molar-refractivity contribution is -0.132. The van der Waals surface area contributed by atoms with Crippen molar-refractivity contribution in [1.82, 2.24) is 19.5 Å². The average Bonchev–Trinajstić information content (AvgIpc) is 3.02. The van der Waals surface area contributed by atoms with E-state index >= 15 is 0 Å². The molecule has 2 rings (SSSR count). The van der Waals surface area contributed by atoms with Crippen molar-refractivity contribution in [3.63, 3.8) is 0 Å². The van der Waals surface area contributed by atoms with Gasteiger partial charge in [-0.25, -0.2) is 17.8 Å². The zero-order valence-electron chi connectivity index (χ0n) is 15.4. The molecular weight excluding hydrogens is 435 g/mol. The normalized spacial score (nSPS) is 12.2. The highest BCUT2D eigenvalue weighted by Crippen LogP contribution is 2.26. The second-order valence-corrected chi connectivity index (χ2v) is 8.21. The van der Waals surface area contributed by atoms with E-state index < -0.39 is 47.2 Å². The Bertz CT molecular complexity index is 935. The molecule has 2 aromatic heterocycles. The summed E-state index contributed by atoms with van der Waals surface area (Å²) in [6, 6.07) is 3.43. The van der Waals surface area contributed by atoms with Crippen LogP contribution in [0.2, 0.25) is 5.15 Å². The predicted octanol–water partition coefficient (Wildman–Crippen LogP) is 2.54. The first-order valence-corrected chi connectivity index (χ1v) is 10.6. The third-order valence-corrected chi connectivity index (χ3v) is 5.44. The number of aromatic nitrogens is 3. The number of pyridine rings is 1. The molecule has 29 heavy (non-hydrogen) atoms. The number of carbonyl (C=O) groups excluding carboxylic acids is 1. The number of hydrogen-bond donors (Lipinski definition) is 1. The first-order chi connectivity index (χ1) is 13.5. The molecule has 1 amide bonds. The number of nitrogens with one attached hydrogen (secondary N) is 1. The zero-order valence-corrected chi connectivity index (χ0v) is 16.9. The van der Waals surface area contributed by atoms with E-state index in [0.717, 1.165) is 0 Å². The summed E-state index contributed by atoms with van der Waals surface area (Å²) in [6.07, 6.45) is -1.54. The van der Waals surface area contributed by atoms with Gasteiger partial charge in [0.1, 0.15) is 5.69 Å². The Morgan fingerprint density at radius 2 is 2.10 bits per heavy atom. The Hall–Kier alpha value is -2.18. The summed E-state index contributed by atoms with van der Waals surface area (Å²) >= 11 is 6.13. The number of amides is 1. The number of nitrogens with zero attached hydrogens (tertiary/aromatic N) is 4. The predicted molar refractivity (Wildman–Crippen MR) is 101 cm³/mol. The SMILES string of the molecule is CCN(C(=O)CCS(=O)(=O)NCCC(F)(F)F)c1cn(-c2cccnc2)nc1Cl. The maximum atomic E-state index is 12.5. The highest BCUT2D eigenvalue weighted by molar-refractivity contribution is 7.89. The molecular formula is C16H19ClF3N5O3S. The number of hydrogen-bond acceptors (Lipinski definition) is 5. The summed E-state index contributed by atoms with van der Waals surface area (Å²) in [4.78, 5) is 17.7. The second kappa shape index (κ2) is 9.55. The molecule has 0 aromatic carbocycles. The molecule has 0 unspecified atom stereocenters. The fraction of sp³-hybridized carbons (Fsp3) is 0.438. The third kappa shape index (κ3) is 6.98. The quantitative estimate of drug-likeness (QED) is 0.629. The maximum Gasteiger partial charge on any atom is 0.390 e. The fourth-order valence-electron chi connectivity index (χ4n) is 2.40. The molecule has 0 saturated carbocycles. The van der Waals surface area contributed by atoms with Crippen molar-refractivity contribution in [1.29, 1.82) is 0 Å². The van der Waals surface area contributed by atoms with Crippen LogP contribution in [-0.2, 0) is 14.8 Å². The molecule has 2 heterocycles. The van der Waals surface area contributed by atoms with Crippen LogP contribution in [0.5, 0.6) is 0 Å². The number of anilines is 1. The van der Waals surface area contributed by atoms with E-state index in [1.807, 2.05) is 4.72 Å². The lowest BCUT2D eigenvalue weighted by atomic mass is 10.3. The minimum Gasteiger partial charge on any atom is -0.308 e. The number of halogens is 4. The van der Waals surface area contributed by atoms with Gasteiger partial charge in [0.15, 0.2) is 5.15 Å². The fourth-order valence-corrected chi connectivity index (χ4v) is 3.64. The first kappa shape index (κ1) is 23.1. The van der Waals surface area contributed by atoms with Crippen LogP contribution in [0.4, 0.5) is 18.9 Å². The van der Waals surface area contributed by atoms with E-state index in [1.54, 1.807) is 31.5 Å². The monoisotopic (exact) mass is 453 g/mol. The van der Waals surface area contributed by atoms with E-state index in [9.17, 15) is 26.4 Å². The average molecular weight is 454 g/mol. The van der Waals surface area contributed by atoms with Crippen LogP contribution in [0.15, 0.2) is 30.7 Å². The Kier molecular flexibility index (Phi) is 7.60. The van der Waals surface area contributed by atoms with E-state index in [2.05, 4.69) is 10.1 Å². The van der Waals surface area contributed by atoms with Crippen LogP contribution in [-0.4, -0.2) is 54.1 Å². The minimum absolute atomic E-state index is 0.0372. The molecule has 160 valence electrons. The Balaban J connectivity index is 2.03. The van der Waals surface area contributed by atoms with Crippen LogP contribution >= 0.6 is 11.6 Å². The first-order valence-electron chi connectivity index (χ1n) is 8.52. The summed E-state index contributed by atoms with van der Waals surface area (Å²) < 4.78 is 63.3. The third-order valence-electron chi connectivity index (χ3n) is 3.79. The summed E-state index contributed by atoms with van der Waals surface area (Å²) in [7, 11) is -4.03. The van der Waals surface area contributed by atoms with Gasteiger partial charge in [-0.2, -0.15) is 18.3 Å². The Labute approximate surface area is 170 Å². The van der Waals surface area contributed by atoms with Gasteiger partial charge < -0.3 is 4.90 Å². The van der Waals surface area contributed by atoms with E-state index in [4.69, 9.17) is 11.6 Å². The highest BCUT2D eigenvalue weighted by atomic mass is 35.5. The molecule has 0 aliphatic rings. The van der Waals surface area contributed by atoms with E-state index in [0.29, 0.717) is 5.69 Å². The second-order valence-electron chi connectivity index (χ2n) is 5.93. The smallest absolute Gasteiger partial charge is 0.308 e. The number of sulfonamides is 1. The molecule has 0 fully saturated rings. The molecule has 13 heteroatoms. The van der Waals surface area contributed by atoms with Gasteiger partial charge in [-0.15, -0.1) is 0 Å². The molecule has 0 spiro atoms. The van der Waals surface area contributed by atoms with Crippen LogP contribution < -0.4 is 9.62 Å². The Morgan fingerprint density at radius 1 is 1.38 bits per heavy atom. The molecule has 1 N–H and O–H groups in total. The topological polar surface area (TPSA) is 97.2 Å². The zero-order chi connectivity index (χ0) is 21.7. The molecule has 0 aliphatic heterocycles. The number of carbonyl (C=O) groups is 1. The van der Waals surface area contributed by atoms with Crippen molar-refractivity contribution in [2.45, 2.75) is 25.9 Å². The van der Waals surface area contributed by atoms with Crippen molar-refractivity contribution >= 4 is 33.2 Å².